The molecule has 0 spiro atoms. The smallest absolute Gasteiger partial charge is 0.425 e. The largest absolute Gasteiger partial charge is 0.464 e. The van der Waals surface area contributed by atoms with Gasteiger partial charge in [-0.05, 0) is 26.0 Å². The SMILES string of the molecule is CCOC(=O)NN/C(C)=C(\C(=O)OC)N1C(=O)c2ccccc2S1(=O)=O. The molecule has 2 amide bonds. The van der Waals surface area contributed by atoms with Gasteiger partial charge >= 0.3 is 12.1 Å². The highest BCUT2D eigenvalue weighted by Gasteiger charge is 2.46. The van der Waals surface area contributed by atoms with Gasteiger partial charge in [-0.2, -0.15) is 4.31 Å². The topological polar surface area (TPSA) is 131 Å². The molecule has 0 atom stereocenters. The molecule has 0 radical (unpaired) electrons. The Morgan fingerprint density at radius 2 is 1.85 bits per heavy atom. The van der Waals surface area contributed by atoms with E-state index in [1.807, 2.05) is 0 Å². The Kier molecular flexibility index (Phi) is 5.50. The van der Waals surface area contributed by atoms with Crippen molar-refractivity contribution >= 4 is 28.0 Å². The fourth-order valence-corrected chi connectivity index (χ4v) is 3.91. The minimum atomic E-state index is -4.30. The number of sulfonamides is 1. The van der Waals surface area contributed by atoms with Crippen LogP contribution < -0.4 is 10.9 Å². The Hall–Kier alpha value is -3.08. The van der Waals surface area contributed by atoms with Crippen molar-refractivity contribution in [1.82, 2.24) is 15.2 Å². The highest BCUT2D eigenvalue weighted by Crippen LogP contribution is 2.34. The molecule has 0 saturated heterocycles. The lowest BCUT2D eigenvalue weighted by Crippen LogP contribution is -2.41. The van der Waals surface area contributed by atoms with Crippen molar-refractivity contribution in [2.45, 2.75) is 18.7 Å². The number of hydrazine groups is 1. The van der Waals surface area contributed by atoms with E-state index in [1.54, 1.807) is 6.92 Å². The zero-order valence-corrected chi connectivity index (χ0v) is 15.0. The normalized spacial score (nSPS) is 15.7. The van der Waals surface area contributed by atoms with E-state index in [9.17, 15) is 22.8 Å². The summed E-state index contributed by atoms with van der Waals surface area (Å²) in [6, 6.07) is 5.56. The molecule has 0 aromatic heterocycles. The molecule has 0 fully saturated rings. The number of hydrogen-bond donors (Lipinski definition) is 2. The summed E-state index contributed by atoms with van der Waals surface area (Å²) in [5, 5.41) is 0. The van der Waals surface area contributed by atoms with Crippen molar-refractivity contribution in [2.24, 2.45) is 0 Å². The van der Waals surface area contributed by atoms with Gasteiger partial charge in [0.1, 0.15) is 4.90 Å². The molecule has 1 aliphatic rings. The van der Waals surface area contributed by atoms with Gasteiger partial charge < -0.3 is 9.47 Å². The third-order valence-corrected chi connectivity index (χ3v) is 5.13. The monoisotopic (exact) mass is 383 g/mol. The summed E-state index contributed by atoms with van der Waals surface area (Å²) in [6.45, 7) is 2.99. The van der Waals surface area contributed by atoms with Crippen LogP contribution in [-0.2, 0) is 24.3 Å². The van der Waals surface area contributed by atoms with Crippen LogP contribution in [0.1, 0.15) is 24.2 Å². The lowest BCUT2D eigenvalue weighted by atomic mass is 10.2. The van der Waals surface area contributed by atoms with Gasteiger partial charge in [0.2, 0.25) is 0 Å². The van der Waals surface area contributed by atoms with E-state index >= 15 is 0 Å². The second-order valence-electron chi connectivity index (χ2n) is 5.01. The predicted octanol–water partition coefficient (Wildman–Crippen LogP) is 0.486. The van der Waals surface area contributed by atoms with Gasteiger partial charge in [-0.25, -0.2) is 23.4 Å². The van der Waals surface area contributed by atoms with Crippen molar-refractivity contribution in [1.29, 1.82) is 0 Å². The number of rotatable bonds is 5. The Balaban J connectivity index is 2.48. The minimum absolute atomic E-state index is 0.0694. The number of carbonyl (C=O) groups excluding carboxylic acids is 3. The van der Waals surface area contributed by atoms with Gasteiger partial charge in [0.15, 0.2) is 5.70 Å². The van der Waals surface area contributed by atoms with E-state index in [2.05, 4.69) is 20.3 Å². The molecule has 0 saturated carbocycles. The first-order chi connectivity index (χ1) is 12.3. The number of methoxy groups -OCH3 is 1. The summed E-state index contributed by atoms with van der Waals surface area (Å²) < 4.78 is 35.0. The first-order valence-electron chi connectivity index (χ1n) is 7.42. The summed E-state index contributed by atoms with van der Waals surface area (Å²) in [5.41, 5.74) is 3.68. The summed E-state index contributed by atoms with van der Waals surface area (Å²) >= 11 is 0. The molecule has 0 bridgehead atoms. The van der Waals surface area contributed by atoms with Crippen LogP contribution in [0.5, 0.6) is 0 Å². The van der Waals surface area contributed by atoms with Crippen LogP contribution in [-0.4, -0.2) is 44.4 Å². The van der Waals surface area contributed by atoms with Gasteiger partial charge in [0.05, 0.1) is 25.0 Å². The van der Waals surface area contributed by atoms with E-state index in [-0.39, 0.29) is 22.8 Å². The molecule has 1 heterocycles. The van der Waals surface area contributed by atoms with Crippen LogP contribution in [0.25, 0.3) is 0 Å². The van der Waals surface area contributed by atoms with Crippen molar-refractivity contribution < 1.29 is 32.3 Å². The summed E-state index contributed by atoms with van der Waals surface area (Å²) in [5.74, 6) is -1.98. The first kappa shape index (κ1) is 19.2. The molecule has 1 aliphatic heterocycles. The van der Waals surface area contributed by atoms with Crippen LogP contribution in [0, 0.1) is 0 Å². The number of nitrogens with one attached hydrogen (secondary N) is 2. The molecule has 2 rings (SSSR count). The Bertz CT molecular complexity index is 892. The number of nitrogens with zero attached hydrogens (tertiary/aromatic N) is 1. The van der Waals surface area contributed by atoms with Gasteiger partial charge in [-0.1, -0.05) is 12.1 Å². The maximum absolute atomic E-state index is 12.7. The summed E-state index contributed by atoms with van der Waals surface area (Å²) in [6.07, 6.45) is -0.852. The Morgan fingerprint density at radius 3 is 2.42 bits per heavy atom. The van der Waals surface area contributed by atoms with Gasteiger partial charge in [0.25, 0.3) is 15.9 Å². The van der Waals surface area contributed by atoms with E-state index in [4.69, 9.17) is 0 Å². The third-order valence-electron chi connectivity index (χ3n) is 3.38. The second-order valence-corrected chi connectivity index (χ2v) is 6.76. The average Bonchev–Trinajstić information content (AvgIpc) is 2.81. The molecule has 2 N–H and O–H groups in total. The molecule has 11 heteroatoms. The average molecular weight is 383 g/mol. The molecular formula is C15H17N3O7S. The lowest BCUT2D eigenvalue weighted by Gasteiger charge is -2.20. The number of ether oxygens (including phenoxy) is 2. The number of fused-ring (bicyclic) bond motifs is 1. The number of benzene rings is 1. The third kappa shape index (κ3) is 3.33. The van der Waals surface area contributed by atoms with Crippen molar-refractivity contribution in [3.05, 3.63) is 41.2 Å². The molecular weight excluding hydrogens is 366 g/mol. The van der Waals surface area contributed by atoms with Crippen molar-refractivity contribution in [3.8, 4) is 0 Å². The van der Waals surface area contributed by atoms with Crippen LogP contribution in [0.2, 0.25) is 0 Å². The molecule has 140 valence electrons. The highest BCUT2D eigenvalue weighted by molar-refractivity contribution is 7.90. The fourth-order valence-electron chi connectivity index (χ4n) is 2.26. The minimum Gasteiger partial charge on any atom is -0.464 e. The molecule has 0 aliphatic carbocycles. The number of esters is 1. The van der Waals surface area contributed by atoms with Gasteiger partial charge in [-0.3, -0.25) is 10.2 Å². The first-order valence-corrected chi connectivity index (χ1v) is 8.86. The van der Waals surface area contributed by atoms with Crippen LogP contribution in [0.15, 0.2) is 40.6 Å². The molecule has 1 aromatic carbocycles. The van der Waals surface area contributed by atoms with Crippen molar-refractivity contribution in [2.75, 3.05) is 13.7 Å². The van der Waals surface area contributed by atoms with Crippen LogP contribution in [0.4, 0.5) is 4.79 Å². The summed E-state index contributed by atoms with van der Waals surface area (Å²) in [4.78, 5) is 35.9. The predicted molar refractivity (Wildman–Crippen MR) is 87.8 cm³/mol. The highest BCUT2D eigenvalue weighted by atomic mass is 32.2. The van der Waals surface area contributed by atoms with E-state index in [1.165, 1.54) is 31.2 Å². The molecule has 0 unspecified atom stereocenters. The van der Waals surface area contributed by atoms with Gasteiger partial charge in [-0.15, -0.1) is 0 Å². The molecule has 26 heavy (non-hydrogen) atoms. The lowest BCUT2D eigenvalue weighted by molar-refractivity contribution is -0.137. The number of carbonyl (C=O) groups is 3. The standard InChI is InChI=1S/C15H17N3O7S/c1-4-25-15(21)17-16-9(2)12(14(20)24-3)18-13(19)10-7-5-6-8-11(10)26(18,22)23/h5-8,16H,4H2,1-3H3,(H,17,21)/b12-9+. The van der Waals surface area contributed by atoms with Gasteiger partial charge in [0, 0.05) is 0 Å². The maximum atomic E-state index is 12.7. The maximum Gasteiger partial charge on any atom is 0.425 e. The number of allylic oxidation sites excluding steroid dienone is 1. The molecule has 10 nitrogen and oxygen atoms in total. The van der Waals surface area contributed by atoms with E-state index < -0.39 is 33.7 Å². The van der Waals surface area contributed by atoms with E-state index in [0.29, 0.717) is 4.31 Å². The second kappa shape index (κ2) is 7.44. The van der Waals surface area contributed by atoms with Crippen LogP contribution in [0.3, 0.4) is 0 Å². The Morgan fingerprint density at radius 1 is 1.19 bits per heavy atom. The quantitative estimate of drug-likeness (QED) is 0.427. The van der Waals surface area contributed by atoms with Crippen LogP contribution >= 0.6 is 0 Å². The summed E-state index contributed by atoms with van der Waals surface area (Å²) in [7, 11) is -3.27. The number of hydrogen-bond acceptors (Lipinski definition) is 8. The molecule has 1 aromatic rings. The Labute approximate surface area is 149 Å². The van der Waals surface area contributed by atoms with Crippen molar-refractivity contribution in [3.63, 3.8) is 0 Å². The zero-order valence-electron chi connectivity index (χ0n) is 14.2. The number of amides is 2. The van der Waals surface area contributed by atoms with E-state index in [0.717, 1.165) is 7.11 Å². The fraction of sp³-hybridized carbons (Fsp3) is 0.267. The zero-order chi connectivity index (χ0) is 19.5.